The largest absolute Gasteiger partial charge is 0.497 e. The average molecular weight is 351 g/mol. The lowest BCUT2D eigenvalue weighted by atomic mass is 10.2. The fraction of sp³-hybridized carbons (Fsp3) is 0.176. The van der Waals surface area contributed by atoms with Crippen LogP contribution >= 0.6 is 0 Å². The van der Waals surface area contributed by atoms with Gasteiger partial charge in [-0.25, -0.2) is 14.4 Å². The van der Waals surface area contributed by atoms with Gasteiger partial charge in [-0.3, -0.25) is 0 Å². The van der Waals surface area contributed by atoms with Crippen LogP contribution in [0.5, 0.6) is 5.75 Å². The van der Waals surface area contributed by atoms with Gasteiger partial charge in [-0.15, -0.1) is 0 Å². The summed E-state index contributed by atoms with van der Waals surface area (Å²) in [6, 6.07) is 10.5. The molecule has 0 aliphatic rings. The monoisotopic (exact) mass is 351 g/mol. The van der Waals surface area contributed by atoms with E-state index in [9.17, 15) is 17.6 Å². The number of benzene rings is 2. The van der Waals surface area contributed by atoms with E-state index in [-0.39, 0.29) is 17.9 Å². The summed E-state index contributed by atoms with van der Waals surface area (Å²) >= 11 is 0. The van der Waals surface area contributed by atoms with Crippen molar-refractivity contribution in [2.45, 2.75) is 12.7 Å². The number of ether oxygens (including phenoxy) is 1. The predicted octanol–water partition coefficient (Wildman–Crippen LogP) is 4.41. The molecule has 0 unspecified atom stereocenters. The molecule has 0 spiro atoms. The van der Waals surface area contributed by atoms with E-state index in [1.807, 2.05) is 0 Å². The van der Waals surface area contributed by atoms with Gasteiger partial charge in [0.2, 0.25) is 5.82 Å². The Hall–Kier alpha value is -2.90. The number of fused-ring (bicyclic) bond motifs is 1. The van der Waals surface area contributed by atoms with Crippen LogP contribution in [0.1, 0.15) is 11.4 Å². The first-order valence-corrected chi connectivity index (χ1v) is 7.29. The Labute approximate surface area is 140 Å². The smallest absolute Gasteiger partial charge is 0.451 e. The molecule has 8 heteroatoms. The zero-order valence-corrected chi connectivity index (χ0v) is 13.1. The zero-order chi connectivity index (χ0) is 18.0. The highest BCUT2D eigenvalue weighted by atomic mass is 19.4. The minimum absolute atomic E-state index is 0.0118. The lowest BCUT2D eigenvalue weighted by Crippen LogP contribution is -2.14. The van der Waals surface area contributed by atoms with Gasteiger partial charge in [0.1, 0.15) is 17.4 Å². The number of methoxy groups -OCH3 is 1. The summed E-state index contributed by atoms with van der Waals surface area (Å²) < 4.78 is 57.9. The van der Waals surface area contributed by atoms with Crippen molar-refractivity contribution < 1.29 is 22.3 Å². The Bertz CT molecular complexity index is 912. The lowest BCUT2D eigenvalue weighted by Gasteiger charge is -2.13. The van der Waals surface area contributed by atoms with E-state index >= 15 is 0 Å². The van der Waals surface area contributed by atoms with Gasteiger partial charge in [0, 0.05) is 23.6 Å². The second kappa shape index (κ2) is 6.54. The molecule has 3 rings (SSSR count). The molecule has 0 fully saturated rings. The first kappa shape index (κ1) is 16.9. The van der Waals surface area contributed by atoms with Gasteiger partial charge in [-0.05, 0) is 18.2 Å². The lowest BCUT2D eigenvalue weighted by molar-refractivity contribution is -0.144. The van der Waals surface area contributed by atoms with Crippen LogP contribution in [0.4, 0.5) is 23.4 Å². The third-order valence-corrected chi connectivity index (χ3v) is 3.56. The van der Waals surface area contributed by atoms with Crippen molar-refractivity contribution in [1.29, 1.82) is 0 Å². The summed E-state index contributed by atoms with van der Waals surface area (Å²) in [6.07, 6.45) is -4.70. The number of nitrogens with one attached hydrogen (secondary N) is 1. The number of anilines is 1. The van der Waals surface area contributed by atoms with Crippen molar-refractivity contribution in [3.05, 3.63) is 59.7 Å². The highest BCUT2D eigenvalue weighted by molar-refractivity contribution is 5.90. The van der Waals surface area contributed by atoms with Crippen LogP contribution < -0.4 is 10.1 Å². The molecule has 0 amide bonds. The molecule has 0 aliphatic carbocycles. The van der Waals surface area contributed by atoms with E-state index in [0.29, 0.717) is 16.7 Å². The molecule has 4 nitrogen and oxygen atoms in total. The molecular formula is C17H13F4N3O. The summed E-state index contributed by atoms with van der Waals surface area (Å²) in [7, 11) is 1.41. The SMILES string of the molecule is COc1ccc2c(NCc3ccccc3F)nc(C(F)(F)F)nc2c1. The molecule has 0 saturated heterocycles. The number of hydrogen-bond acceptors (Lipinski definition) is 4. The Morgan fingerprint density at radius 3 is 2.52 bits per heavy atom. The molecule has 0 atom stereocenters. The van der Waals surface area contributed by atoms with E-state index < -0.39 is 17.8 Å². The van der Waals surface area contributed by atoms with Crippen molar-refractivity contribution in [2.75, 3.05) is 12.4 Å². The third-order valence-electron chi connectivity index (χ3n) is 3.56. The van der Waals surface area contributed by atoms with Gasteiger partial charge in [0.15, 0.2) is 0 Å². The van der Waals surface area contributed by atoms with Crippen LogP contribution in [0.15, 0.2) is 42.5 Å². The first-order valence-electron chi connectivity index (χ1n) is 7.29. The van der Waals surface area contributed by atoms with Gasteiger partial charge in [0.05, 0.1) is 12.6 Å². The molecule has 0 saturated carbocycles. The van der Waals surface area contributed by atoms with Crippen LogP contribution in [0, 0.1) is 5.82 Å². The summed E-state index contributed by atoms with van der Waals surface area (Å²) in [5, 5.41) is 3.14. The summed E-state index contributed by atoms with van der Waals surface area (Å²) in [5.74, 6) is -1.38. The summed E-state index contributed by atoms with van der Waals surface area (Å²) in [6.45, 7) is -0.0118. The molecule has 3 aromatic rings. The molecule has 1 aromatic heterocycles. The average Bonchev–Trinajstić information content (AvgIpc) is 2.59. The fourth-order valence-electron chi connectivity index (χ4n) is 2.32. The second-order valence-corrected chi connectivity index (χ2v) is 5.22. The summed E-state index contributed by atoms with van der Waals surface area (Å²) in [5.41, 5.74) is 0.397. The third kappa shape index (κ3) is 3.62. The van der Waals surface area contributed by atoms with Crippen molar-refractivity contribution in [3.63, 3.8) is 0 Å². The van der Waals surface area contributed by atoms with Crippen LogP contribution in [0.2, 0.25) is 0 Å². The molecule has 0 radical (unpaired) electrons. The molecule has 1 heterocycles. The van der Waals surface area contributed by atoms with Crippen molar-refractivity contribution in [3.8, 4) is 5.75 Å². The van der Waals surface area contributed by atoms with E-state index in [2.05, 4.69) is 15.3 Å². The van der Waals surface area contributed by atoms with Crippen molar-refractivity contribution in [1.82, 2.24) is 9.97 Å². The first-order chi connectivity index (χ1) is 11.9. The number of hydrogen-bond donors (Lipinski definition) is 1. The number of nitrogens with zero attached hydrogens (tertiary/aromatic N) is 2. The Morgan fingerprint density at radius 1 is 1.08 bits per heavy atom. The van der Waals surface area contributed by atoms with E-state index in [0.717, 1.165) is 0 Å². The second-order valence-electron chi connectivity index (χ2n) is 5.22. The molecule has 1 N–H and O–H groups in total. The van der Waals surface area contributed by atoms with Gasteiger partial charge in [-0.2, -0.15) is 13.2 Å². The maximum Gasteiger partial charge on any atom is 0.451 e. The van der Waals surface area contributed by atoms with Crippen molar-refractivity contribution in [2.24, 2.45) is 0 Å². The Morgan fingerprint density at radius 2 is 1.84 bits per heavy atom. The molecule has 2 aromatic carbocycles. The van der Waals surface area contributed by atoms with Crippen LogP contribution in [0.25, 0.3) is 10.9 Å². The number of alkyl halides is 3. The van der Waals surface area contributed by atoms with E-state index in [1.165, 1.54) is 25.3 Å². The zero-order valence-electron chi connectivity index (χ0n) is 13.1. The molecule has 130 valence electrons. The predicted molar refractivity (Wildman–Crippen MR) is 84.8 cm³/mol. The van der Waals surface area contributed by atoms with Gasteiger partial charge < -0.3 is 10.1 Å². The van der Waals surface area contributed by atoms with E-state index in [1.54, 1.807) is 24.3 Å². The molecular weight excluding hydrogens is 338 g/mol. The normalized spacial score (nSPS) is 11.6. The van der Waals surface area contributed by atoms with Crippen LogP contribution in [-0.2, 0) is 12.7 Å². The number of rotatable bonds is 4. The molecule has 0 bridgehead atoms. The van der Waals surface area contributed by atoms with Gasteiger partial charge in [0.25, 0.3) is 0 Å². The highest BCUT2D eigenvalue weighted by Gasteiger charge is 2.35. The van der Waals surface area contributed by atoms with E-state index in [4.69, 9.17) is 4.74 Å². The highest BCUT2D eigenvalue weighted by Crippen LogP contribution is 2.31. The molecule has 0 aliphatic heterocycles. The molecule has 25 heavy (non-hydrogen) atoms. The van der Waals surface area contributed by atoms with Crippen LogP contribution in [-0.4, -0.2) is 17.1 Å². The number of aromatic nitrogens is 2. The topological polar surface area (TPSA) is 47.0 Å². The maximum absolute atomic E-state index is 13.7. The fourth-order valence-corrected chi connectivity index (χ4v) is 2.32. The van der Waals surface area contributed by atoms with Crippen molar-refractivity contribution >= 4 is 16.7 Å². The quantitative estimate of drug-likeness (QED) is 0.708. The van der Waals surface area contributed by atoms with Gasteiger partial charge in [-0.1, -0.05) is 18.2 Å². The van der Waals surface area contributed by atoms with Crippen LogP contribution in [0.3, 0.4) is 0 Å². The Kier molecular flexibility index (Phi) is 4.43. The maximum atomic E-state index is 13.7. The minimum Gasteiger partial charge on any atom is -0.497 e. The minimum atomic E-state index is -4.70. The number of halogens is 4. The van der Waals surface area contributed by atoms with Gasteiger partial charge >= 0.3 is 6.18 Å². The Balaban J connectivity index is 2.04. The summed E-state index contributed by atoms with van der Waals surface area (Å²) in [4.78, 5) is 7.12. The standard InChI is InChI=1S/C17H13F4N3O/c1-25-11-6-7-12-14(8-11)23-16(17(19,20)21)24-15(12)22-9-10-4-2-3-5-13(10)18/h2-8H,9H2,1H3,(H,22,23,24).